The van der Waals surface area contributed by atoms with Crippen molar-refractivity contribution < 1.29 is 28.6 Å². The number of hydrogen-bond donors (Lipinski definition) is 2. The molecule has 1 atom stereocenters. The Morgan fingerprint density at radius 3 is 2.81 bits per heavy atom. The number of ether oxygens (including phenoxy) is 2. The number of carbonyl (C=O) groups excluding carboxylic acids is 2. The van der Waals surface area contributed by atoms with E-state index in [2.05, 4.69) is 10.1 Å². The van der Waals surface area contributed by atoms with E-state index in [9.17, 15) is 14.7 Å². The third-order valence-electron chi connectivity index (χ3n) is 5.45. The smallest absolute Gasteiger partial charge is 0.373 e. The van der Waals surface area contributed by atoms with Crippen LogP contribution in [0.2, 0.25) is 0 Å². The molecular formula is C18H26N2O6. The van der Waals surface area contributed by atoms with Gasteiger partial charge in [0, 0.05) is 49.9 Å². The standard InChI is InChI=1S/C18H26N2O6/c1-12-14(7-15(26-12)16(22)24-2)9-19-17(23)20-10-13(11-21)8-18(20)3-5-25-6-4-18/h7,13,21H,3-6,8-11H2,1-2H3,(H,19,23). The highest BCUT2D eigenvalue weighted by Gasteiger charge is 2.48. The number of esters is 1. The number of aliphatic hydroxyl groups is 1. The molecule has 0 saturated carbocycles. The minimum Gasteiger partial charge on any atom is -0.463 e. The minimum absolute atomic E-state index is 0.0791. The molecule has 0 bridgehead atoms. The molecule has 26 heavy (non-hydrogen) atoms. The van der Waals surface area contributed by atoms with E-state index in [1.165, 1.54) is 7.11 Å². The molecule has 2 aliphatic heterocycles. The predicted molar refractivity (Wildman–Crippen MR) is 91.7 cm³/mol. The van der Waals surface area contributed by atoms with Gasteiger partial charge in [0.05, 0.1) is 7.11 Å². The van der Waals surface area contributed by atoms with Crippen molar-refractivity contribution in [3.63, 3.8) is 0 Å². The highest BCUT2D eigenvalue weighted by molar-refractivity contribution is 5.86. The SMILES string of the molecule is COC(=O)c1cc(CNC(=O)N2CC(CO)CC23CCOCC3)c(C)o1. The van der Waals surface area contributed by atoms with Crippen LogP contribution in [0.3, 0.4) is 0 Å². The number of aryl methyl sites for hydroxylation is 1. The third kappa shape index (κ3) is 3.57. The number of rotatable bonds is 4. The van der Waals surface area contributed by atoms with Crippen molar-refractivity contribution >= 4 is 12.0 Å². The molecule has 3 rings (SSSR count). The third-order valence-corrected chi connectivity index (χ3v) is 5.45. The van der Waals surface area contributed by atoms with E-state index in [0.29, 0.717) is 25.5 Å². The number of furan rings is 1. The number of methoxy groups -OCH3 is 1. The molecule has 2 amide bonds. The van der Waals surface area contributed by atoms with E-state index in [0.717, 1.165) is 24.8 Å². The maximum atomic E-state index is 12.8. The van der Waals surface area contributed by atoms with Gasteiger partial charge in [-0.05, 0) is 32.3 Å². The molecule has 144 valence electrons. The Labute approximate surface area is 152 Å². The Balaban J connectivity index is 1.67. The monoisotopic (exact) mass is 366 g/mol. The van der Waals surface area contributed by atoms with Crippen molar-refractivity contribution in [2.24, 2.45) is 5.92 Å². The molecule has 3 heterocycles. The summed E-state index contributed by atoms with van der Waals surface area (Å²) in [6.45, 7) is 3.88. The number of aliphatic hydroxyl groups excluding tert-OH is 1. The average Bonchev–Trinajstić information content (AvgIpc) is 3.20. The molecule has 2 N–H and O–H groups in total. The molecule has 0 aliphatic carbocycles. The number of carbonyl (C=O) groups is 2. The number of likely N-dealkylation sites (tertiary alicyclic amines) is 1. The van der Waals surface area contributed by atoms with Gasteiger partial charge in [-0.25, -0.2) is 9.59 Å². The second-order valence-electron chi connectivity index (χ2n) is 7.04. The van der Waals surface area contributed by atoms with Gasteiger partial charge in [0.2, 0.25) is 5.76 Å². The second kappa shape index (κ2) is 7.67. The molecule has 2 saturated heterocycles. The van der Waals surface area contributed by atoms with Crippen LogP contribution in [-0.4, -0.2) is 61.0 Å². The lowest BCUT2D eigenvalue weighted by Gasteiger charge is -2.41. The molecule has 0 aromatic carbocycles. The lowest BCUT2D eigenvalue weighted by molar-refractivity contribution is 0.00641. The number of urea groups is 1. The first-order valence-electron chi connectivity index (χ1n) is 8.91. The van der Waals surface area contributed by atoms with Crippen LogP contribution in [0.1, 0.15) is 41.1 Å². The summed E-state index contributed by atoms with van der Waals surface area (Å²) in [7, 11) is 1.29. The normalized spacial score (nSPS) is 21.8. The van der Waals surface area contributed by atoms with E-state index in [4.69, 9.17) is 9.15 Å². The molecule has 2 fully saturated rings. The van der Waals surface area contributed by atoms with Gasteiger partial charge in [-0.2, -0.15) is 0 Å². The van der Waals surface area contributed by atoms with Crippen molar-refractivity contribution in [2.75, 3.05) is 33.5 Å². The Morgan fingerprint density at radius 2 is 2.15 bits per heavy atom. The zero-order chi connectivity index (χ0) is 18.7. The number of hydrogen-bond acceptors (Lipinski definition) is 6. The van der Waals surface area contributed by atoms with E-state index in [1.807, 2.05) is 4.90 Å². The minimum atomic E-state index is -0.544. The number of nitrogens with one attached hydrogen (secondary N) is 1. The molecule has 1 aromatic heterocycles. The summed E-state index contributed by atoms with van der Waals surface area (Å²) < 4.78 is 15.5. The summed E-state index contributed by atoms with van der Waals surface area (Å²) in [5.74, 6) is 0.246. The van der Waals surface area contributed by atoms with Crippen molar-refractivity contribution in [1.82, 2.24) is 10.2 Å². The van der Waals surface area contributed by atoms with Gasteiger partial charge in [0.25, 0.3) is 0 Å². The highest BCUT2D eigenvalue weighted by atomic mass is 16.5. The van der Waals surface area contributed by atoms with Gasteiger partial charge < -0.3 is 29.2 Å². The first-order valence-corrected chi connectivity index (χ1v) is 8.91. The van der Waals surface area contributed by atoms with Crippen LogP contribution in [-0.2, 0) is 16.0 Å². The largest absolute Gasteiger partial charge is 0.463 e. The zero-order valence-corrected chi connectivity index (χ0v) is 15.2. The summed E-state index contributed by atoms with van der Waals surface area (Å²) in [4.78, 5) is 26.2. The Morgan fingerprint density at radius 1 is 1.42 bits per heavy atom. The summed E-state index contributed by atoms with van der Waals surface area (Å²) in [6.07, 6.45) is 2.37. The van der Waals surface area contributed by atoms with Crippen LogP contribution in [0.25, 0.3) is 0 Å². The van der Waals surface area contributed by atoms with Crippen molar-refractivity contribution in [2.45, 2.75) is 38.3 Å². The molecule has 2 aliphatic rings. The molecule has 0 radical (unpaired) electrons. The van der Waals surface area contributed by atoms with E-state index in [-0.39, 0.29) is 36.4 Å². The fraction of sp³-hybridized carbons (Fsp3) is 0.667. The molecule has 8 nitrogen and oxygen atoms in total. The summed E-state index contributed by atoms with van der Waals surface area (Å²) in [5, 5.41) is 12.5. The Bertz CT molecular complexity index is 665. The molecular weight excluding hydrogens is 340 g/mol. The van der Waals surface area contributed by atoms with Crippen LogP contribution >= 0.6 is 0 Å². The Kier molecular flexibility index (Phi) is 5.52. The fourth-order valence-electron chi connectivity index (χ4n) is 3.97. The second-order valence-corrected chi connectivity index (χ2v) is 7.04. The fourth-order valence-corrected chi connectivity index (χ4v) is 3.97. The quantitative estimate of drug-likeness (QED) is 0.782. The zero-order valence-electron chi connectivity index (χ0n) is 15.2. The van der Waals surface area contributed by atoms with Gasteiger partial charge in [-0.1, -0.05) is 0 Å². The first-order chi connectivity index (χ1) is 12.5. The van der Waals surface area contributed by atoms with Crippen molar-refractivity contribution in [1.29, 1.82) is 0 Å². The summed E-state index contributed by atoms with van der Waals surface area (Å²) >= 11 is 0. The van der Waals surface area contributed by atoms with Gasteiger partial charge in [-0.15, -0.1) is 0 Å². The first kappa shape index (κ1) is 18.7. The average molecular weight is 366 g/mol. The van der Waals surface area contributed by atoms with E-state index < -0.39 is 5.97 Å². The van der Waals surface area contributed by atoms with Crippen LogP contribution in [0.4, 0.5) is 4.79 Å². The van der Waals surface area contributed by atoms with Crippen LogP contribution < -0.4 is 5.32 Å². The predicted octanol–water partition coefficient (Wildman–Crippen LogP) is 1.45. The van der Waals surface area contributed by atoms with Crippen LogP contribution in [0, 0.1) is 12.8 Å². The maximum Gasteiger partial charge on any atom is 0.373 e. The number of amides is 2. The number of nitrogens with zero attached hydrogens (tertiary/aromatic N) is 1. The van der Waals surface area contributed by atoms with Crippen LogP contribution in [0.5, 0.6) is 0 Å². The molecule has 1 aromatic rings. The van der Waals surface area contributed by atoms with Gasteiger partial charge in [0.15, 0.2) is 0 Å². The van der Waals surface area contributed by atoms with Gasteiger partial charge in [-0.3, -0.25) is 0 Å². The molecule has 1 spiro atoms. The van der Waals surface area contributed by atoms with E-state index in [1.54, 1.807) is 13.0 Å². The van der Waals surface area contributed by atoms with Gasteiger partial charge in [0.1, 0.15) is 5.76 Å². The highest BCUT2D eigenvalue weighted by Crippen LogP contribution is 2.40. The summed E-state index contributed by atoms with van der Waals surface area (Å²) in [5.41, 5.74) is 0.496. The van der Waals surface area contributed by atoms with Gasteiger partial charge >= 0.3 is 12.0 Å². The lowest BCUT2D eigenvalue weighted by Crippen LogP contribution is -2.53. The van der Waals surface area contributed by atoms with Crippen molar-refractivity contribution in [3.05, 3.63) is 23.2 Å². The molecule has 1 unspecified atom stereocenters. The topological polar surface area (TPSA) is 101 Å². The lowest BCUT2D eigenvalue weighted by atomic mass is 9.85. The van der Waals surface area contributed by atoms with Crippen LogP contribution in [0.15, 0.2) is 10.5 Å². The van der Waals surface area contributed by atoms with Crippen molar-refractivity contribution in [3.8, 4) is 0 Å². The summed E-state index contributed by atoms with van der Waals surface area (Å²) in [6, 6.07) is 1.43. The Hall–Kier alpha value is -2.06. The molecule has 8 heteroatoms. The van der Waals surface area contributed by atoms with E-state index >= 15 is 0 Å². The maximum absolute atomic E-state index is 12.8.